The Hall–Kier alpha value is -2.68. The van der Waals surface area contributed by atoms with Crippen LogP contribution in [0.5, 0.6) is 5.75 Å². The van der Waals surface area contributed by atoms with Crippen LogP contribution in [0.15, 0.2) is 24.3 Å². The summed E-state index contributed by atoms with van der Waals surface area (Å²) in [6.45, 7) is 1.59. The number of ether oxygens (including phenoxy) is 2. The van der Waals surface area contributed by atoms with Gasteiger partial charge in [-0.25, -0.2) is 8.78 Å². The molecule has 1 aliphatic rings. The number of aromatic nitrogens is 2. The first kappa shape index (κ1) is 19.1. The van der Waals surface area contributed by atoms with Crippen LogP contribution in [0, 0.1) is 5.41 Å². The van der Waals surface area contributed by atoms with E-state index in [4.69, 9.17) is 20.6 Å². The number of methoxy groups -OCH3 is 1. The zero-order valence-corrected chi connectivity index (χ0v) is 15.5. The molecule has 2 aromatic rings. The van der Waals surface area contributed by atoms with E-state index in [0.717, 1.165) is 0 Å². The molecule has 148 valence electrons. The lowest BCUT2D eigenvalue weighted by Crippen LogP contribution is -2.56. The Labute approximate surface area is 157 Å². The summed E-state index contributed by atoms with van der Waals surface area (Å²) < 4.78 is 38.5. The number of aryl methyl sites for hydroxylation is 1. The quantitative estimate of drug-likeness (QED) is 0.568. The molecular formula is C18H25F2N5O2. The van der Waals surface area contributed by atoms with Crippen molar-refractivity contribution in [1.82, 2.24) is 9.78 Å². The highest BCUT2D eigenvalue weighted by atomic mass is 19.3. The Bertz CT molecular complexity index is 850. The van der Waals surface area contributed by atoms with E-state index in [1.54, 1.807) is 38.4 Å². The SMILES string of the molecule is COC[C@H](C)Oc1ccc(N)c(C(=N)c2cc(N3CC(F)(F)C3)nn2C)c1.[HH]. The average molecular weight is 381 g/mol. The van der Waals surface area contributed by atoms with Gasteiger partial charge in [0, 0.05) is 32.9 Å². The number of nitrogens with zero attached hydrogens (tertiary/aromatic N) is 3. The van der Waals surface area contributed by atoms with Gasteiger partial charge in [-0.3, -0.25) is 10.1 Å². The number of halogens is 2. The average Bonchev–Trinajstić information content (AvgIpc) is 2.95. The van der Waals surface area contributed by atoms with E-state index in [-0.39, 0.29) is 26.3 Å². The predicted molar refractivity (Wildman–Crippen MR) is 101 cm³/mol. The minimum atomic E-state index is -2.68. The summed E-state index contributed by atoms with van der Waals surface area (Å²) in [4.78, 5) is 1.48. The number of hydrogen-bond donors (Lipinski definition) is 2. The molecule has 1 aliphatic heterocycles. The second-order valence-corrected chi connectivity index (χ2v) is 6.73. The molecule has 9 heteroatoms. The van der Waals surface area contributed by atoms with Crippen LogP contribution in [0.3, 0.4) is 0 Å². The highest BCUT2D eigenvalue weighted by Crippen LogP contribution is 2.32. The molecule has 1 fully saturated rings. The first-order valence-corrected chi connectivity index (χ1v) is 8.51. The second kappa shape index (κ2) is 7.15. The number of benzene rings is 1. The van der Waals surface area contributed by atoms with Crippen LogP contribution in [-0.4, -0.2) is 54.3 Å². The van der Waals surface area contributed by atoms with E-state index in [1.807, 2.05) is 6.92 Å². The minimum absolute atomic E-state index is 0. The Morgan fingerprint density at radius 1 is 1.41 bits per heavy atom. The fourth-order valence-corrected chi connectivity index (χ4v) is 2.98. The zero-order chi connectivity index (χ0) is 19.8. The van der Waals surface area contributed by atoms with E-state index in [0.29, 0.717) is 35.1 Å². The summed E-state index contributed by atoms with van der Waals surface area (Å²) in [5, 5.41) is 12.8. The molecule has 27 heavy (non-hydrogen) atoms. The number of nitrogens with one attached hydrogen (secondary N) is 1. The van der Waals surface area contributed by atoms with E-state index in [9.17, 15) is 8.78 Å². The van der Waals surface area contributed by atoms with Gasteiger partial charge >= 0.3 is 0 Å². The fourth-order valence-electron chi connectivity index (χ4n) is 2.98. The van der Waals surface area contributed by atoms with Crippen LogP contribution in [0.25, 0.3) is 0 Å². The van der Waals surface area contributed by atoms with Gasteiger partial charge in [-0.15, -0.1) is 0 Å². The third-order valence-corrected chi connectivity index (χ3v) is 4.32. The summed E-state index contributed by atoms with van der Waals surface area (Å²) in [6, 6.07) is 6.72. The lowest BCUT2D eigenvalue weighted by atomic mass is 10.0. The molecule has 3 rings (SSSR count). The fraction of sp³-hybridized carbons (Fsp3) is 0.444. The Morgan fingerprint density at radius 2 is 2.11 bits per heavy atom. The number of hydrogen-bond acceptors (Lipinski definition) is 6. The second-order valence-electron chi connectivity index (χ2n) is 6.73. The lowest BCUT2D eigenvalue weighted by Gasteiger charge is -2.38. The van der Waals surface area contributed by atoms with Gasteiger partial charge in [0.25, 0.3) is 5.92 Å². The third kappa shape index (κ3) is 4.02. The maximum absolute atomic E-state index is 13.1. The Balaban J connectivity index is 0.00000280. The molecule has 3 N–H and O–H groups in total. The number of nitrogen functional groups attached to an aromatic ring is 1. The maximum atomic E-state index is 13.1. The third-order valence-electron chi connectivity index (χ3n) is 4.32. The van der Waals surface area contributed by atoms with Crippen LogP contribution >= 0.6 is 0 Å². The summed E-state index contributed by atoms with van der Waals surface area (Å²) in [6.07, 6.45) is -0.156. The topological polar surface area (TPSA) is 89.4 Å². The van der Waals surface area contributed by atoms with Crippen LogP contribution in [0.1, 0.15) is 19.6 Å². The summed E-state index contributed by atoms with van der Waals surface area (Å²) in [5.74, 6) is -1.69. The highest BCUT2D eigenvalue weighted by molar-refractivity contribution is 6.13. The van der Waals surface area contributed by atoms with Crippen molar-refractivity contribution in [3.8, 4) is 5.75 Å². The first-order valence-electron chi connectivity index (χ1n) is 8.51. The highest BCUT2D eigenvalue weighted by Gasteiger charge is 2.45. The predicted octanol–water partition coefficient (Wildman–Crippen LogP) is 2.53. The standard InChI is InChI=1S/C18H23F2N5O2.H2/c1-11(8-26-3)27-12-4-5-14(21)13(6-12)17(22)15-7-16(23-24(15)2)25-9-18(19,20)10-25;/h4-7,11,22H,8-10,21H2,1-3H3;1H/t11-;/m0./s1. The molecule has 0 aliphatic carbocycles. The largest absolute Gasteiger partial charge is 0.488 e. The van der Waals surface area contributed by atoms with Crippen molar-refractivity contribution in [3.05, 3.63) is 35.5 Å². The molecule has 1 saturated heterocycles. The molecule has 0 radical (unpaired) electrons. The normalized spacial score (nSPS) is 16.7. The molecule has 0 spiro atoms. The molecule has 0 bridgehead atoms. The van der Waals surface area contributed by atoms with Crippen LogP contribution in [-0.2, 0) is 11.8 Å². The number of rotatable bonds is 7. The van der Waals surface area contributed by atoms with Crippen molar-refractivity contribution in [3.63, 3.8) is 0 Å². The van der Waals surface area contributed by atoms with Crippen molar-refractivity contribution >= 4 is 17.2 Å². The smallest absolute Gasteiger partial charge is 0.282 e. The minimum Gasteiger partial charge on any atom is -0.488 e. The summed E-state index contributed by atoms with van der Waals surface area (Å²) in [7, 11) is 3.26. The Morgan fingerprint density at radius 3 is 2.74 bits per heavy atom. The van der Waals surface area contributed by atoms with E-state index in [1.165, 1.54) is 9.58 Å². The number of alkyl halides is 2. The van der Waals surface area contributed by atoms with Gasteiger partial charge in [0.05, 0.1) is 31.1 Å². The zero-order valence-electron chi connectivity index (χ0n) is 15.5. The van der Waals surface area contributed by atoms with Crippen molar-refractivity contribution in [2.75, 3.05) is 37.4 Å². The van der Waals surface area contributed by atoms with Crippen molar-refractivity contribution in [2.24, 2.45) is 7.05 Å². The molecule has 0 unspecified atom stereocenters. The number of nitrogens with two attached hydrogens (primary N) is 1. The summed E-state index contributed by atoms with van der Waals surface area (Å²) in [5.41, 5.74) is 7.58. The van der Waals surface area contributed by atoms with Crippen molar-refractivity contribution in [2.45, 2.75) is 19.0 Å². The van der Waals surface area contributed by atoms with Gasteiger partial charge in [-0.05, 0) is 25.1 Å². The van der Waals surface area contributed by atoms with Gasteiger partial charge in [0.15, 0.2) is 5.82 Å². The molecule has 2 heterocycles. The van der Waals surface area contributed by atoms with Gasteiger partial charge in [-0.1, -0.05) is 0 Å². The van der Waals surface area contributed by atoms with Crippen LogP contribution < -0.4 is 15.4 Å². The van der Waals surface area contributed by atoms with E-state index >= 15 is 0 Å². The maximum Gasteiger partial charge on any atom is 0.282 e. The molecule has 0 amide bonds. The van der Waals surface area contributed by atoms with Gasteiger partial charge in [0.2, 0.25) is 0 Å². The van der Waals surface area contributed by atoms with Crippen molar-refractivity contribution in [1.29, 1.82) is 5.41 Å². The van der Waals surface area contributed by atoms with Crippen LogP contribution in [0.2, 0.25) is 0 Å². The first-order chi connectivity index (χ1) is 12.7. The molecular weight excluding hydrogens is 356 g/mol. The molecule has 1 aromatic carbocycles. The summed E-state index contributed by atoms with van der Waals surface area (Å²) >= 11 is 0. The van der Waals surface area contributed by atoms with Crippen molar-refractivity contribution < 1.29 is 19.7 Å². The lowest BCUT2D eigenvalue weighted by molar-refractivity contribution is -0.0267. The van der Waals surface area contributed by atoms with E-state index < -0.39 is 5.92 Å². The monoisotopic (exact) mass is 381 g/mol. The molecule has 1 atom stereocenters. The molecule has 1 aromatic heterocycles. The van der Waals surface area contributed by atoms with Gasteiger partial charge < -0.3 is 20.1 Å². The van der Waals surface area contributed by atoms with E-state index in [2.05, 4.69) is 5.10 Å². The Kier molecular flexibility index (Phi) is 5.05. The van der Waals surface area contributed by atoms with Gasteiger partial charge in [0.1, 0.15) is 11.9 Å². The van der Waals surface area contributed by atoms with Gasteiger partial charge in [-0.2, -0.15) is 5.10 Å². The van der Waals surface area contributed by atoms with Crippen LogP contribution in [0.4, 0.5) is 20.3 Å². The number of anilines is 2. The molecule has 0 saturated carbocycles. The molecule has 7 nitrogen and oxygen atoms in total.